The number of nitrogens with zero attached hydrogens (tertiary/aromatic N) is 1. The molecule has 1 aliphatic heterocycles. The first-order valence-corrected chi connectivity index (χ1v) is 6.56. The Bertz CT molecular complexity index is 437. The summed E-state index contributed by atoms with van der Waals surface area (Å²) < 4.78 is 11.3. The second-order valence-electron chi connectivity index (χ2n) is 4.98. The largest absolute Gasteiger partial charge is 0.474 e. The lowest BCUT2D eigenvalue weighted by molar-refractivity contribution is 0.0233. The molecule has 0 radical (unpaired) electrons. The fourth-order valence-corrected chi connectivity index (χ4v) is 2.29. The highest BCUT2D eigenvalue weighted by Gasteiger charge is 2.29. The second-order valence-corrected chi connectivity index (χ2v) is 4.98. The molecule has 0 bridgehead atoms. The number of rotatable bonds is 4. The van der Waals surface area contributed by atoms with Gasteiger partial charge in [-0.25, -0.2) is 4.98 Å². The quantitative estimate of drug-likeness (QED) is 0.766. The predicted octanol–water partition coefficient (Wildman–Crippen LogP) is 2.33. The predicted molar refractivity (Wildman–Crippen MR) is 66.1 cm³/mol. The molecule has 0 amide bonds. The van der Waals surface area contributed by atoms with Gasteiger partial charge in [0.2, 0.25) is 5.88 Å². The van der Waals surface area contributed by atoms with Gasteiger partial charge in [-0.2, -0.15) is 0 Å². The van der Waals surface area contributed by atoms with Gasteiger partial charge in [0.15, 0.2) is 6.29 Å². The highest BCUT2D eigenvalue weighted by atomic mass is 16.5. The van der Waals surface area contributed by atoms with Crippen molar-refractivity contribution in [1.29, 1.82) is 0 Å². The average Bonchev–Trinajstić information content (AvgIpc) is 3.25. The molecule has 2 fully saturated rings. The van der Waals surface area contributed by atoms with E-state index in [1.165, 1.54) is 12.8 Å². The Kier molecular flexibility index (Phi) is 3.28. The Labute approximate surface area is 106 Å². The van der Waals surface area contributed by atoms with Crippen molar-refractivity contribution in [3.05, 3.63) is 23.4 Å². The average molecular weight is 247 g/mol. The lowest BCUT2D eigenvalue weighted by Gasteiger charge is -2.23. The lowest BCUT2D eigenvalue weighted by Crippen LogP contribution is -2.26. The van der Waals surface area contributed by atoms with E-state index >= 15 is 0 Å². The van der Waals surface area contributed by atoms with Crippen molar-refractivity contribution in [1.82, 2.24) is 4.98 Å². The maximum atomic E-state index is 10.8. The van der Waals surface area contributed by atoms with Crippen LogP contribution in [0.4, 0.5) is 0 Å². The summed E-state index contributed by atoms with van der Waals surface area (Å²) >= 11 is 0. The van der Waals surface area contributed by atoms with Gasteiger partial charge in [-0.3, -0.25) is 4.79 Å². The number of aromatic nitrogens is 1. The van der Waals surface area contributed by atoms with Crippen LogP contribution in [0.3, 0.4) is 0 Å². The third-order valence-corrected chi connectivity index (χ3v) is 3.50. The van der Waals surface area contributed by atoms with Crippen LogP contribution in [-0.4, -0.2) is 30.6 Å². The number of hydrogen-bond acceptors (Lipinski definition) is 4. The number of ether oxygens (including phenoxy) is 2. The van der Waals surface area contributed by atoms with Gasteiger partial charge in [-0.05, 0) is 24.8 Å². The van der Waals surface area contributed by atoms with E-state index in [-0.39, 0.29) is 6.10 Å². The highest BCUT2D eigenvalue weighted by Crippen LogP contribution is 2.44. The number of aldehydes is 1. The molecule has 0 aromatic carbocycles. The minimum atomic E-state index is 0.200. The third-order valence-electron chi connectivity index (χ3n) is 3.50. The normalized spacial score (nSPS) is 20.7. The Balaban J connectivity index is 1.79. The molecule has 96 valence electrons. The van der Waals surface area contributed by atoms with Crippen molar-refractivity contribution in [3.8, 4) is 5.88 Å². The molecule has 1 aromatic rings. The highest BCUT2D eigenvalue weighted by molar-refractivity contribution is 5.74. The SMILES string of the molecule is O=Cc1cnc(OC2CCOCC2)c(C2CC2)c1. The van der Waals surface area contributed by atoms with E-state index in [0.29, 0.717) is 11.5 Å². The van der Waals surface area contributed by atoms with Crippen LogP contribution in [0.1, 0.15) is 47.5 Å². The monoisotopic (exact) mass is 247 g/mol. The molecule has 0 atom stereocenters. The number of hydrogen-bond donors (Lipinski definition) is 0. The minimum absolute atomic E-state index is 0.200. The molecule has 4 nitrogen and oxygen atoms in total. The van der Waals surface area contributed by atoms with Crippen LogP contribution in [0.5, 0.6) is 5.88 Å². The van der Waals surface area contributed by atoms with Gasteiger partial charge in [-0.15, -0.1) is 0 Å². The van der Waals surface area contributed by atoms with Gasteiger partial charge < -0.3 is 9.47 Å². The molecule has 1 saturated carbocycles. The van der Waals surface area contributed by atoms with Gasteiger partial charge in [0.05, 0.1) is 13.2 Å². The second kappa shape index (κ2) is 5.06. The van der Waals surface area contributed by atoms with Crippen molar-refractivity contribution in [3.63, 3.8) is 0 Å². The Hall–Kier alpha value is -1.42. The third kappa shape index (κ3) is 2.53. The fraction of sp³-hybridized carbons (Fsp3) is 0.571. The molecule has 0 spiro atoms. The zero-order valence-electron chi connectivity index (χ0n) is 10.3. The molecule has 2 heterocycles. The Morgan fingerprint density at radius 1 is 1.28 bits per heavy atom. The summed E-state index contributed by atoms with van der Waals surface area (Å²) in [5.41, 5.74) is 1.74. The maximum absolute atomic E-state index is 10.8. The first kappa shape index (κ1) is 11.7. The standard InChI is InChI=1S/C14H17NO3/c16-9-10-7-13(11-1-2-11)14(15-8-10)18-12-3-5-17-6-4-12/h7-9,11-12H,1-6H2. The summed E-state index contributed by atoms with van der Waals surface area (Å²) in [6.07, 6.45) is 6.82. The molecular weight excluding hydrogens is 230 g/mol. The summed E-state index contributed by atoms with van der Waals surface area (Å²) in [7, 11) is 0. The molecular formula is C14H17NO3. The summed E-state index contributed by atoms with van der Waals surface area (Å²) in [5.74, 6) is 1.25. The van der Waals surface area contributed by atoms with E-state index in [4.69, 9.17) is 9.47 Å². The van der Waals surface area contributed by atoms with Crippen LogP contribution in [0.25, 0.3) is 0 Å². The summed E-state index contributed by atoms with van der Waals surface area (Å²) in [6, 6.07) is 1.92. The van der Waals surface area contributed by atoms with E-state index in [0.717, 1.165) is 43.8 Å². The zero-order chi connectivity index (χ0) is 12.4. The summed E-state index contributed by atoms with van der Waals surface area (Å²) in [4.78, 5) is 15.1. The molecule has 1 aromatic heterocycles. The van der Waals surface area contributed by atoms with Gasteiger partial charge in [0.1, 0.15) is 6.10 Å². The Morgan fingerprint density at radius 3 is 2.72 bits per heavy atom. The van der Waals surface area contributed by atoms with Crippen molar-refractivity contribution in [2.75, 3.05) is 13.2 Å². The maximum Gasteiger partial charge on any atom is 0.217 e. The van der Waals surface area contributed by atoms with Gasteiger partial charge in [0, 0.05) is 30.2 Å². The molecule has 18 heavy (non-hydrogen) atoms. The van der Waals surface area contributed by atoms with Crippen molar-refractivity contribution in [2.24, 2.45) is 0 Å². The molecule has 1 saturated heterocycles. The van der Waals surface area contributed by atoms with Crippen molar-refractivity contribution >= 4 is 6.29 Å². The van der Waals surface area contributed by atoms with Gasteiger partial charge in [-0.1, -0.05) is 0 Å². The molecule has 0 N–H and O–H groups in total. The van der Waals surface area contributed by atoms with Crippen LogP contribution >= 0.6 is 0 Å². The van der Waals surface area contributed by atoms with Gasteiger partial charge in [0.25, 0.3) is 0 Å². The van der Waals surface area contributed by atoms with Crippen LogP contribution in [0, 0.1) is 0 Å². The summed E-state index contributed by atoms with van der Waals surface area (Å²) in [5, 5.41) is 0. The topological polar surface area (TPSA) is 48.4 Å². The van der Waals surface area contributed by atoms with Crippen LogP contribution in [-0.2, 0) is 4.74 Å². The first-order chi connectivity index (χ1) is 8.86. The van der Waals surface area contributed by atoms with Crippen LogP contribution in [0.15, 0.2) is 12.3 Å². The van der Waals surface area contributed by atoms with E-state index in [9.17, 15) is 4.79 Å². The number of pyridine rings is 1. The molecule has 3 rings (SSSR count). The molecule has 0 unspecified atom stereocenters. The van der Waals surface area contributed by atoms with E-state index in [2.05, 4.69) is 4.98 Å². The molecule has 2 aliphatic rings. The summed E-state index contributed by atoms with van der Waals surface area (Å²) in [6.45, 7) is 1.52. The molecule has 1 aliphatic carbocycles. The Morgan fingerprint density at radius 2 is 2.06 bits per heavy atom. The number of carbonyl (C=O) groups is 1. The first-order valence-electron chi connectivity index (χ1n) is 6.56. The zero-order valence-corrected chi connectivity index (χ0v) is 10.3. The molecule has 4 heteroatoms. The van der Waals surface area contributed by atoms with Crippen molar-refractivity contribution in [2.45, 2.75) is 37.7 Å². The lowest BCUT2D eigenvalue weighted by atomic mass is 10.1. The van der Waals surface area contributed by atoms with E-state index < -0.39 is 0 Å². The van der Waals surface area contributed by atoms with Crippen molar-refractivity contribution < 1.29 is 14.3 Å². The fourth-order valence-electron chi connectivity index (χ4n) is 2.29. The van der Waals surface area contributed by atoms with Crippen LogP contribution < -0.4 is 4.74 Å². The van der Waals surface area contributed by atoms with Gasteiger partial charge >= 0.3 is 0 Å². The number of carbonyl (C=O) groups excluding carboxylic acids is 1. The van der Waals surface area contributed by atoms with E-state index in [1.54, 1.807) is 6.20 Å². The smallest absolute Gasteiger partial charge is 0.217 e. The minimum Gasteiger partial charge on any atom is -0.474 e. The van der Waals surface area contributed by atoms with Crippen LogP contribution in [0.2, 0.25) is 0 Å². The van der Waals surface area contributed by atoms with E-state index in [1.807, 2.05) is 6.07 Å².